The van der Waals surface area contributed by atoms with Crippen LogP contribution in [-0.2, 0) is 16.1 Å². The molecule has 0 atom stereocenters. The van der Waals surface area contributed by atoms with Gasteiger partial charge in [-0.15, -0.1) is 0 Å². The van der Waals surface area contributed by atoms with Crippen LogP contribution >= 0.6 is 11.3 Å². The Morgan fingerprint density at radius 2 is 1.83 bits per heavy atom. The van der Waals surface area contributed by atoms with Crippen LogP contribution in [0, 0.1) is 0 Å². The fourth-order valence-electron chi connectivity index (χ4n) is 2.96. The third kappa shape index (κ3) is 4.69. The Balaban J connectivity index is 2.07. The van der Waals surface area contributed by atoms with E-state index in [1.54, 1.807) is 25.3 Å². The SMILES string of the molecule is COCCn1c(=NC(=O)c2ccc(OC)c(OC)c2)sc2cc(NC(C)=O)ccc21. The maximum Gasteiger partial charge on any atom is 0.279 e. The first-order valence-corrected chi connectivity index (χ1v) is 9.99. The summed E-state index contributed by atoms with van der Waals surface area (Å²) >= 11 is 1.37. The van der Waals surface area contributed by atoms with Crippen molar-refractivity contribution in [1.82, 2.24) is 4.57 Å². The van der Waals surface area contributed by atoms with E-state index in [-0.39, 0.29) is 5.91 Å². The minimum atomic E-state index is -0.393. The molecule has 3 rings (SSSR count). The first-order valence-electron chi connectivity index (χ1n) is 9.17. The van der Waals surface area contributed by atoms with Gasteiger partial charge in [0.15, 0.2) is 16.3 Å². The predicted octanol–water partition coefficient (Wildman–Crippen LogP) is 3.07. The standard InChI is InChI=1S/C21H23N3O5S/c1-13(25)22-15-6-7-16-19(12-15)30-21(24(16)9-10-27-2)23-20(26)14-5-8-17(28-3)18(11-14)29-4/h5-8,11-12H,9-10H2,1-4H3,(H,22,25). The van der Waals surface area contributed by atoms with Crippen molar-refractivity contribution in [3.8, 4) is 11.5 Å². The van der Waals surface area contributed by atoms with Gasteiger partial charge in [-0.25, -0.2) is 0 Å². The molecule has 0 spiro atoms. The van der Waals surface area contributed by atoms with Gasteiger partial charge in [0.1, 0.15) is 0 Å². The van der Waals surface area contributed by atoms with Crippen molar-refractivity contribution in [2.45, 2.75) is 13.5 Å². The minimum absolute atomic E-state index is 0.147. The number of nitrogens with one attached hydrogen (secondary N) is 1. The van der Waals surface area contributed by atoms with Crippen LogP contribution in [0.3, 0.4) is 0 Å². The Morgan fingerprint density at radius 1 is 1.07 bits per heavy atom. The van der Waals surface area contributed by atoms with Crippen molar-refractivity contribution in [1.29, 1.82) is 0 Å². The summed E-state index contributed by atoms with van der Waals surface area (Å²) < 4.78 is 18.5. The summed E-state index contributed by atoms with van der Waals surface area (Å²) in [5, 5.41) is 2.77. The van der Waals surface area contributed by atoms with E-state index in [2.05, 4.69) is 10.3 Å². The van der Waals surface area contributed by atoms with Gasteiger partial charge < -0.3 is 24.1 Å². The average Bonchev–Trinajstić information content (AvgIpc) is 3.07. The molecule has 0 bridgehead atoms. The van der Waals surface area contributed by atoms with Crippen LogP contribution in [0.4, 0.5) is 5.69 Å². The van der Waals surface area contributed by atoms with E-state index in [1.165, 1.54) is 32.5 Å². The number of hydrogen-bond donors (Lipinski definition) is 1. The number of rotatable bonds is 7. The highest BCUT2D eigenvalue weighted by Gasteiger charge is 2.13. The highest BCUT2D eigenvalue weighted by molar-refractivity contribution is 7.16. The van der Waals surface area contributed by atoms with Gasteiger partial charge >= 0.3 is 0 Å². The molecule has 0 aliphatic heterocycles. The molecule has 0 unspecified atom stereocenters. The van der Waals surface area contributed by atoms with Crippen LogP contribution in [-0.4, -0.2) is 44.3 Å². The number of anilines is 1. The van der Waals surface area contributed by atoms with E-state index < -0.39 is 5.91 Å². The molecule has 0 radical (unpaired) electrons. The number of hydrogen-bond acceptors (Lipinski definition) is 6. The Bertz CT molecular complexity index is 1150. The summed E-state index contributed by atoms with van der Waals surface area (Å²) in [6, 6.07) is 10.5. The fraction of sp³-hybridized carbons (Fsp3) is 0.286. The smallest absolute Gasteiger partial charge is 0.279 e. The predicted molar refractivity (Wildman–Crippen MR) is 115 cm³/mol. The molecule has 1 N–H and O–H groups in total. The van der Waals surface area contributed by atoms with Crippen LogP contribution in [0.5, 0.6) is 11.5 Å². The molecule has 9 heteroatoms. The Labute approximate surface area is 177 Å². The zero-order valence-electron chi connectivity index (χ0n) is 17.2. The Morgan fingerprint density at radius 3 is 2.50 bits per heavy atom. The maximum absolute atomic E-state index is 12.8. The number of ether oxygens (including phenoxy) is 3. The molecular formula is C21H23N3O5S. The summed E-state index contributed by atoms with van der Waals surface area (Å²) in [5.74, 6) is 0.459. The van der Waals surface area contributed by atoms with Gasteiger partial charge in [0, 0.05) is 31.8 Å². The van der Waals surface area contributed by atoms with E-state index in [0.29, 0.717) is 40.7 Å². The number of nitrogens with zero attached hydrogens (tertiary/aromatic N) is 2. The third-order valence-electron chi connectivity index (χ3n) is 4.35. The molecular weight excluding hydrogens is 406 g/mol. The van der Waals surface area contributed by atoms with Gasteiger partial charge in [0.25, 0.3) is 5.91 Å². The lowest BCUT2D eigenvalue weighted by molar-refractivity contribution is -0.114. The first kappa shape index (κ1) is 21.5. The molecule has 0 saturated carbocycles. The number of aromatic nitrogens is 1. The number of methoxy groups -OCH3 is 3. The summed E-state index contributed by atoms with van der Waals surface area (Å²) in [4.78, 5) is 29.1. The highest BCUT2D eigenvalue weighted by Crippen LogP contribution is 2.28. The first-order chi connectivity index (χ1) is 14.5. The number of carbonyl (C=O) groups is 2. The normalized spacial score (nSPS) is 11.5. The van der Waals surface area contributed by atoms with Crippen molar-refractivity contribution >= 4 is 39.1 Å². The molecule has 2 aromatic carbocycles. The lowest BCUT2D eigenvalue weighted by Gasteiger charge is -2.08. The fourth-order valence-corrected chi connectivity index (χ4v) is 4.05. The van der Waals surface area contributed by atoms with Crippen molar-refractivity contribution < 1.29 is 23.8 Å². The van der Waals surface area contributed by atoms with E-state index >= 15 is 0 Å². The van der Waals surface area contributed by atoms with Gasteiger partial charge in [-0.2, -0.15) is 4.99 Å². The van der Waals surface area contributed by atoms with Crippen LogP contribution in [0.25, 0.3) is 10.2 Å². The maximum atomic E-state index is 12.8. The Kier molecular flexibility index (Phi) is 6.86. The molecule has 1 aromatic heterocycles. The molecule has 0 saturated heterocycles. The molecule has 3 aromatic rings. The number of amides is 2. The molecule has 1 heterocycles. The van der Waals surface area contributed by atoms with Crippen molar-refractivity contribution in [2.24, 2.45) is 4.99 Å². The van der Waals surface area contributed by atoms with Gasteiger partial charge in [-0.1, -0.05) is 11.3 Å². The highest BCUT2D eigenvalue weighted by atomic mass is 32.1. The second-order valence-corrected chi connectivity index (χ2v) is 7.39. The van der Waals surface area contributed by atoms with Gasteiger partial charge in [0.05, 0.1) is 31.0 Å². The monoisotopic (exact) mass is 429 g/mol. The second-order valence-electron chi connectivity index (χ2n) is 6.38. The van der Waals surface area contributed by atoms with Crippen LogP contribution in [0.15, 0.2) is 41.4 Å². The van der Waals surface area contributed by atoms with Crippen LogP contribution in [0.2, 0.25) is 0 Å². The number of fused-ring (bicyclic) bond motifs is 1. The lowest BCUT2D eigenvalue weighted by Crippen LogP contribution is -2.19. The molecule has 30 heavy (non-hydrogen) atoms. The summed E-state index contributed by atoms with van der Waals surface area (Å²) in [5.41, 5.74) is 1.99. The molecule has 158 valence electrons. The lowest BCUT2D eigenvalue weighted by atomic mass is 10.2. The van der Waals surface area contributed by atoms with Gasteiger partial charge in [-0.3, -0.25) is 9.59 Å². The summed E-state index contributed by atoms with van der Waals surface area (Å²) in [6.45, 7) is 2.46. The molecule has 0 fully saturated rings. The van der Waals surface area contributed by atoms with Crippen molar-refractivity contribution in [3.05, 3.63) is 46.8 Å². The van der Waals surface area contributed by atoms with Crippen molar-refractivity contribution in [3.63, 3.8) is 0 Å². The minimum Gasteiger partial charge on any atom is -0.493 e. The zero-order valence-corrected chi connectivity index (χ0v) is 18.0. The van der Waals surface area contributed by atoms with Gasteiger partial charge in [0.2, 0.25) is 5.91 Å². The second kappa shape index (κ2) is 9.55. The number of thiazole rings is 1. The number of carbonyl (C=O) groups excluding carboxylic acids is 2. The quantitative estimate of drug-likeness (QED) is 0.623. The van der Waals surface area contributed by atoms with Crippen molar-refractivity contribution in [2.75, 3.05) is 33.3 Å². The van der Waals surface area contributed by atoms with E-state index in [4.69, 9.17) is 14.2 Å². The van der Waals surface area contributed by atoms with E-state index in [1.807, 2.05) is 22.8 Å². The summed E-state index contributed by atoms with van der Waals surface area (Å²) in [6.07, 6.45) is 0. The number of benzene rings is 2. The average molecular weight is 429 g/mol. The van der Waals surface area contributed by atoms with E-state index in [0.717, 1.165) is 10.2 Å². The molecule has 0 aliphatic carbocycles. The Hall–Kier alpha value is -3.17. The molecule has 0 aliphatic rings. The zero-order chi connectivity index (χ0) is 21.7. The summed E-state index contributed by atoms with van der Waals surface area (Å²) in [7, 11) is 4.67. The van der Waals surface area contributed by atoms with Gasteiger partial charge in [-0.05, 0) is 36.4 Å². The topological polar surface area (TPSA) is 91.2 Å². The largest absolute Gasteiger partial charge is 0.493 e. The van der Waals surface area contributed by atoms with Crippen LogP contribution < -0.4 is 19.6 Å². The molecule has 2 amide bonds. The van der Waals surface area contributed by atoms with Crippen LogP contribution in [0.1, 0.15) is 17.3 Å². The third-order valence-corrected chi connectivity index (χ3v) is 5.39. The molecule has 8 nitrogen and oxygen atoms in total. The van der Waals surface area contributed by atoms with E-state index in [9.17, 15) is 9.59 Å².